The van der Waals surface area contributed by atoms with Gasteiger partial charge in [-0.2, -0.15) is 12.6 Å². The summed E-state index contributed by atoms with van der Waals surface area (Å²) in [6.07, 6.45) is 4.35. The van der Waals surface area contributed by atoms with Crippen LogP contribution in [0.5, 0.6) is 0 Å². The summed E-state index contributed by atoms with van der Waals surface area (Å²) in [5, 5.41) is 0. The van der Waals surface area contributed by atoms with Gasteiger partial charge in [-0.1, -0.05) is 6.08 Å². The number of carbonyl (C=O) groups is 1. The number of esters is 1. The van der Waals surface area contributed by atoms with Crippen LogP contribution in [0.15, 0.2) is 12.7 Å². The van der Waals surface area contributed by atoms with Crippen LogP contribution in [0.4, 0.5) is 0 Å². The average Bonchev–Trinajstić information content (AvgIpc) is 2.85. The predicted molar refractivity (Wildman–Crippen MR) is 51.3 cm³/mol. The van der Waals surface area contributed by atoms with Crippen LogP contribution in [-0.4, -0.2) is 17.8 Å². The largest absolute Gasteiger partial charge is 0.461 e. The van der Waals surface area contributed by atoms with E-state index in [9.17, 15) is 4.79 Å². The van der Waals surface area contributed by atoms with E-state index in [1.54, 1.807) is 6.08 Å². The van der Waals surface area contributed by atoms with Crippen molar-refractivity contribution in [2.75, 3.05) is 5.75 Å². The van der Waals surface area contributed by atoms with E-state index < -0.39 is 0 Å². The third kappa shape index (κ3) is 2.89. The molecule has 0 N–H and O–H groups in total. The predicted octanol–water partition coefficient (Wildman–Crippen LogP) is 1.81. The zero-order valence-corrected chi connectivity index (χ0v) is 7.93. The van der Waals surface area contributed by atoms with Gasteiger partial charge in [-0.15, -0.1) is 6.58 Å². The Morgan fingerprint density at radius 1 is 1.75 bits per heavy atom. The number of carbonyl (C=O) groups excluding carboxylic acids is 1. The van der Waals surface area contributed by atoms with Crippen molar-refractivity contribution in [2.24, 2.45) is 5.92 Å². The van der Waals surface area contributed by atoms with Crippen molar-refractivity contribution in [1.82, 2.24) is 0 Å². The number of rotatable bonds is 5. The lowest BCUT2D eigenvalue weighted by Crippen LogP contribution is -2.20. The fraction of sp³-hybridized carbons (Fsp3) is 0.667. The van der Waals surface area contributed by atoms with Crippen molar-refractivity contribution in [3.8, 4) is 0 Å². The quantitative estimate of drug-likeness (QED) is 0.402. The lowest BCUT2D eigenvalue weighted by Gasteiger charge is -2.12. The van der Waals surface area contributed by atoms with Crippen molar-refractivity contribution in [2.45, 2.75) is 25.4 Å². The average molecular weight is 186 g/mol. The highest BCUT2D eigenvalue weighted by atomic mass is 32.1. The number of ether oxygens (including phenoxy) is 1. The molecular formula is C9H14O2S. The Bertz CT molecular complexity index is 175. The second kappa shape index (κ2) is 4.55. The minimum absolute atomic E-state index is 0.0594. The van der Waals surface area contributed by atoms with Crippen LogP contribution < -0.4 is 0 Å². The van der Waals surface area contributed by atoms with Crippen molar-refractivity contribution < 1.29 is 9.53 Å². The van der Waals surface area contributed by atoms with Crippen LogP contribution in [0, 0.1) is 5.92 Å². The van der Waals surface area contributed by atoms with Crippen LogP contribution >= 0.6 is 12.6 Å². The number of thiol groups is 1. The van der Waals surface area contributed by atoms with Crippen LogP contribution in [0.1, 0.15) is 19.3 Å². The van der Waals surface area contributed by atoms with Crippen molar-refractivity contribution in [3.63, 3.8) is 0 Å². The van der Waals surface area contributed by atoms with E-state index in [0.29, 0.717) is 12.2 Å². The summed E-state index contributed by atoms with van der Waals surface area (Å²) in [5.74, 6) is 0.692. The third-order valence-electron chi connectivity index (χ3n) is 1.83. The Labute approximate surface area is 78.4 Å². The first-order chi connectivity index (χ1) is 5.77. The summed E-state index contributed by atoms with van der Waals surface area (Å²) in [5.41, 5.74) is 0. The first kappa shape index (κ1) is 9.65. The molecule has 2 nitrogen and oxygen atoms in total. The zero-order valence-electron chi connectivity index (χ0n) is 7.03. The Kier molecular flexibility index (Phi) is 3.66. The SMILES string of the molecule is C=CCC(CS)OC(=O)C1CC1. The molecule has 1 atom stereocenters. The van der Waals surface area contributed by atoms with E-state index in [2.05, 4.69) is 19.2 Å². The van der Waals surface area contributed by atoms with Crippen LogP contribution in [0.2, 0.25) is 0 Å². The van der Waals surface area contributed by atoms with Gasteiger partial charge in [0.15, 0.2) is 0 Å². The van der Waals surface area contributed by atoms with Crippen LogP contribution in [0.3, 0.4) is 0 Å². The summed E-state index contributed by atoms with van der Waals surface area (Å²) in [4.78, 5) is 11.2. The van der Waals surface area contributed by atoms with Gasteiger partial charge in [-0.05, 0) is 12.8 Å². The van der Waals surface area contributed by atoms with E-state index in [-0.39, 0.29) is 18.0 Å². The molecule has 0 bridgehead atoms. The molecule has 1 fully saturated rings. The number of hydrogen-bond donors (Lipinski definition) is 1. The minimum atomic E-state index is -0.0843. The molecule has 0 amide bonds. The van der Waals surface area contributed by atoms with Gasteiger partial charge in [0, 0.05) is 12.2 Å². The first-order valence-corrected chi connectivity index (χ1v) is 4.83. The maximum Gasteiger partial charge on any atom is 0.309 e. The summed E-state index contributed by atoms with van der Waals surface area (Å²) in [7, 11) is 0. The molecule has 0 heterocycles. The van der Waals surface area contributed by atoms with E-state index in [0.717, 1.165) is 12.8 Å². The normalized spacial score (nSPS) is 18.4. The molecule has 68 valence electrons. The Morgan fingerprint density at radius 2 is 2.42 bits per heavy atom. The van der Waals surface area contributed by atoms with Gasteiger partial charge in [-0.25, -0.2) is 0 Å². The first-order valence-electron chi connectivity index (χ1n) is 4.20. The summed E-state index contributed by atoms with van der Waals surface area (Å²) in [6, 6.07) is 0. The Balaban J connectivity index is 2.24. The van der Waals surface area contributed by atoms with E-state index in [1.807, 2.05) is 0 Å². The molecule has 0 aliphatic heterocycles. The fourth-order valence-electron chi connectivity index (χ4n) is 0.925. The molecule has 0 spiro atoms. The molecule has 0 aromatic heterocycles. The second-order valence-electron chi connectivity index (χ2n) is 3.04. The lowest BCUT2D eigenvalue weighted by atomic mass is 10.3. The highest BCUT2D eigenvalue weighted by Gasteiger charge is 2.32. The molecule has 0 aromatic carbocycles. The Morgan fingerprint density at radius 3 is 2.83 bits per heavy atom. The molecule has 0 saturated heterocycles. The molecular weight excluding hydrogens is 172 g/mol. The molecule has 1 unspecified atom stereocenters. The van der Waals surface area contributed by atoms with Gasteiger partial charge in [0.05, 0.1) is 5.92 Å². The number of hydrogen-bond acceptors (Lipinski definition) is 3. The molecule has 12 heavy (non-hydrogen) atoms. The Hall–Kier alpha value is -0.440. The van der Waals surface area contributed by atoms with Crippen molar-refractivity contribution >= 4 is 18.6 Å². The molecule has 0 aromatic rings. The standard InChI is InChI=1S/C9H14O2S/c1-2-3-8(6-12)11-9(10)7-4-5-7/h2,7-8,12H,1,3-6H2. The highest BCUT2D eigenvalue weighted by molar-refractivity contribution is 7.80. The third-order valence-corrected chi connectivity index (χ3v) is 2.23. The maximum atomic E-state index is 11.2. The summed E-state index contributed by atoms with van der Waals surface area (Å²) < 4.78 is 5.18. The van der Waals surface area contributed by atoms with E-state index in [1.165, 1.54) is 0 Å². The van der Waals surface area contributed by atoms with Gasteiger partial charge >= 0.3 is 5.97 Å². The molecule has 3 heteroatoms. The smallest absolute Gasteiger partial charge is 0.309 e. The zero-order chi connectivity index (χ0) is 8.97. The molecule has 0 radical (unpaired) electrons. The topological polar surface area (TPSA) is 26.3 Å². The van der Waals surface area contributed by atoms with Gasteiger partial charge in [0.1, 0.15) is 6.10 Å². The summed E-state index contributed by atoms with van der Waals surface area (Å²) >= 11 is 4.09. The minimum Gasteiger partial charge on any atom is -0.461 e. The fourth-order valence-corrected chi connectivity index (χ4v) is 1.15. The molecule has 1 aliphatic carbocycles. The van der Waals surface area contributed by atoms with Crippen molar-refractivity contribution in [1.29, 1.82) is 0 Å². The van der Waals surface area contributed by atoms with Gasteiger partial charge in [0.25, 0.3) is 0 Å². The molecule has 1 rings (SSSR count). The van der Waals surface area contributed by atoms with Gasteiger partial charge in [-0.3, -0.25) is 4.79 Å². The maximum absolute atomic E-state index is 11.2. The van der Waals surface area contributed by atoms with E-state index in [4.69, 9.17) is 4.74 Å². The van der Waals surface area contributed by atoms with Gasteiger partial charge in [0.2, 0.25) is 0 Å². The monoisotopic (exact) mass is 186 g/mol. The molecule has 1 aliphatic rings. The molecule has 1 saturated carbocycles. The van der Waals surface area contributed by atoms with Crippen molar-refractivity contribution in [3.05, 3.63) is 12.7 Å². The van der Waals surface area contributed by atoms with E-state index >= 15 is 0 Å². The summed E-state index contributed by atoms with van der Waals surface area (Å²) in [6.45, 7) is 3.59. The van der Waals surface area contributed by atoms with Crippen LogP contribution in [-0.2, 0) is 9.53 Å². The van der Waals surface area contributed by atoms with Crippen LogP contribution in [0.25, 0.3) is 0 Å². The lowest BCUT2D eigenvalue weighted by molar-refractivity contribution is -0.149. The van der Waals surface area contributed by atoms with Gasteiger partial charge < -0.3 is 4.74 Å². The second-order valence-corrected chi connectivity index (χ2v) is 3.41. The highest BCUT2D eigenvalue weighted by Crippen LogP contribution is 2.30.